The SMILES string of the molecule is COc1c(CCNc2cc(Cl)ncn2)c(F)c(F)c2cc(C)oc12. The van der Waals surface area contributed by atoms with E-state index in [1.807, 2.05) is 0 Å². The number of anilines is 1. The molecule has 0 bridgehead atoms. The van der Waals surface area contributed by atoms with Gasteiger partial charge in [-0.25, -0.2) is 18.7 Å². The molecule has 0 spiro atoms. The van der Waals surface area contributed by atoms with Crippen molar-refractivity contribution in [2.75, 3.05) is 19.0 Å². The van der Waals surface area contributed by atoms with Gasteiger partial charge in [0.15, 0.2) is 23.0 Å². The topological polar surface area (TPSA) is 60.2 Å². The van der Waals surface area contributed by atoms with Crippen LogP contribution in [0.25, 0.3) is 11.0 Å². The lowest BCUT2D eigenvalue weighted by atomic mass is 10.1. The molecule has 0 unspecified atom stereocenters. The molecule has 5 nitrogen and oxygen atoms in total. The van der Waals surface area contributed by atoms with Crippen LogP contribution in [0.3, 0.4) is 0 Å². The van der Waals surface area contributed by atoms with Crippen molar-refractivity contribution in [2.45, 2.75) is 13.3 Å². The van der Waals surface area contributed by atoms with E-state index >= 15 is 0 Å². The van der Waals surface area contributed by atoms with Crippen LogP contribution in [0.5, 0.6) is 5.75 Å². The first kappa shape index (κ1) is 16.4. The molecule has 0 aliphatic rings. The molecule has 0 aliphatic heterocycles. The average Bonchev–Trinajstić information content (AvgIpc) is 2.94. The smallest absolute Gasteiger partial charge is 0.179 e. The fourth-order valence-electron chi connectivity index (χ4n) is 2.52. The van der Waals surface area contributed by atoms with E-state index in [1.165, 1.54) is 25.6 Å². The van der Waals surface area contributed by atoms with Crippen molar-refractivity contribution in [1.82, 2.24) is 9.97 Å². The van der Waals surface area contributed by atoms with Crippen LogP contribution in [0.1, 0.15) is 11.3 Å². The molecule has 3 aromatic rings. The second kappa shape index (κ2) is 6.60. The first-order valence-electron chi connectivity index (χ1n) is 7.16. The second-order valence-electron chi connectivity index (χ2n) is 5.14. The van der Waals surface area contributed by atoms with E-state index in [1.54, 1.807) is 6.92 Å². The zero-order valence-corrected chi connectivity index (χ0v) is 13.7. The zero-order chi connectivity index (χ0) is 17.3. The highest BCUT2D eigenvalue weighted by molar-refractivity contribution is 6.29. The summed E-state index contributed by atoms with van der Waals surface area (Å²) >= 11 is 5.77. The second-order valence-corrected chi connectivity index (χ2v) is 5.53. The summed E-state index contributed by atoms with van der Waals surface area (Å²) in [6.45, 7) is 1.96. The minimum atomic E-state index is -0.942. The number of nitrogens with zero attached hydrogens (tertiary/aromatic N) is 2. The van der Waals surface area contributed by atoms with Gasteiger partial charge in [0.05, 0.1) is 12.5 Å². The van der Waals surface area contributed by atoms with Gasteiger partial charge in [-0.2, -0.15) is 0 Å². The summed E-state index contributed by atoms with van der Waals surface area (Å²) in [6.07, 6.45) is 1.48. The molecule has 8 heteroatoms. The summed E-state index contributed by atoms with van der Waals surface area (Å²) in [6, 6.07) is 2.98. The normalized spacial score (nSPS) is 11.0. The molecule has 0 aliphatic carbocycles. The molecular formula is C16H14ClF2N3O2. The van der Waals surface area contributed by atoms with Gasteiger partial charge in [0, 0.05) is 18.2 Å². The maximum Gasteiger partial charge on any atom is 0.179 e. The minimum absolute atomic E-state index is 0.0705. The highest BCUT2D eigenvalue weighted by atomic mass is 35.5. The van der Waals surface area contributed by atoms with E-state index in [9.17, 15) is 8.78 Å². The van der Waals surface area contributed by atoms with Crippen LogP contribution in [0.2, 0.25) is 5.15 Å². The molecule has 126 valence electrons. The van der Waals surface area contributed by atoms with Gasteiger partial charge in [-0.15, -0.1) is 0 Å². The quantitative estimate of drug-likeness (QED) is 0.699. The van der Waals surface area contributed by atoms with E-state index in [0.717, 1.165) is 0 Å². The van der Waals surface area contributed by atoms with Gasteiger partial charge in [0.25, 0.3) is 0 Å². The number of fused-ring (bicyclic) bond motifs is 1. The zero-order valence-electron chi connectivity index (χ0n) is 13.0. The third kappa shape index (κ3) is 2.99. The van der Waals surface area contributed by atoms with Gasteiger partial charge in [-0.1, -0.05) is 11.6 Å². The molecule has 0 radical (unpaired) electrons. The van der Waals surface area contributed by atoms with Crippen molar-refractivity contribution in [3.05, 3.63) is 46.6 Å². The third-order valence-electron chi connectivity index (χ3n) is 3.55. The van der Waals surface area contributed by atoms with Crippen molar-refractivity contribution >= 4 is 28.4 Å². The van der Waals surface area contributed by atoms with Crippen molar-refractivity contribution in [3.63, 3.8) is 0 Å². The molecule has 0 saturated heterocycles. The molecule has 24 heavy (non-hydrogen) atoms. The highest BCUT2D eigenvalue weighted by Crippen LogP contribution is 2.36. The number of halogens is 3. The van der Waals surface area contributed by atoms with Gasteiger partial charge >= 0.3 is 0 Å². The van der Waals surface area contributed by atoms with Gasteiger partial charge in [0.1, 0.15) is 23.1 Å². The summed E-state index contributed by atoms with van der Waals surface area (Å²) in [5, 5.41) is 3.33. The molecule has 0 atom stereocenters. The van der Waals surface area contributed by atoms with E-state index in [4.69, 9.17) is 20.8 Å². The standard InChI is InChI=1S/C16H14ClF2N3O2/c1-8-5-10-14(19)13(18)9(15(23-2)16(10)24-8)3-4-20-12-6-11(17)21-7-22-12/h5-7H,3-4H2,1-2H3,(H,20,21,22). The number of rotatable bonds is 5. The summed E-state index contributed by atoms with van der Waals surface area (Å²) in [5.41, 5.74) is 0.304. The van der Waals surface area contributed by atoms with E-state index in [2.05, 4.69) is 15.3 Å². The largest absolute Gasteiger partial charge is 0.492 e. The maximum absolute atomic E-state index is 14.4. The van der Waals surface area contributed by atoms with Crippen LogP contribution < -0.4 is 10.1 Å². The summed E-state index contributed by atoms with van der Waals surface area (Å²) < 4.78 is 39.4. The van der Waals surface area contributed by atoms with E-state index < -0.39 is 11.6 Å². The molecule has 0 saturated carbocycles. The molecule has 2 heterocycles. The van der Waals surface area contributed by atoms with Gasteiger partial charge < -0.3 is 14.5 Å². The Morgan fingerprint density at radius 3 is 2.75 bits per heavy atom. The lowest BCUT2D eigenvalue weighted by Crippen LogP contribution is -2.10. The Labute approximate surface area is 141 Å². The Balaban J connectivity index is 1.89. The molecule has 1 aromatic carbocycles. The summed E-state index contributed by atoms with van der Waals surface area (Å²) in [5.74, 6) is -0.720. The Kier molecular flexibility index (Phi) is 4.53. The molecule has 2 aromatic heterocycles. The Morgan fingerprint density at radius 1 is 1.25 bits per heavy atom. The minimum Gasteiger partial charge on any atom is -0.492 e. The molecule has 0 fully saturated rings. The Morgan fingerprint density at radius 2 is 2.04 bits per heavy atom. The number of hydrogen-bond acceptors (Lipinski definition) is 5. The fraction of sp³-hybridized carbons (Fsp3) is 0.250. The first-order valence-corrected chi connectivity index (χ1v) is 7.54. The van der Waals surface area contributed by atoms with Crippen molar-refractivity contribution < 1.29 is 17.9 Å². The third-order valence-corrected chi connectivity index (χ3v) is 3.76. The van der Waals surface area contributed by atoms with Gasteiger partial charge in [-0.05, 0) is 19.4 Å². The van der Waals surface area contributed by atoms with Gasteiger partial charge in [0.2, 0.25) is 0 Å². The lowest BCUT2D eigenvalue weighted by Gasteiger charge is -2.12. The fourth-order valence-corrected chi connectivity index (χ4v) is 2.67. The predicted molar refractivity (Wildman–Crippen MR) is 86.7 cm³/mol. The Hall–Kier alpha value is -2.41. The van der Waals surface area contributed by atoms with Crippen molar-refractivity contribution in [2.24, 2.45) is 0 Å². The number of furan rings is 1. The summed E-state index contributed by atoms with van der Waals surface area (Å²) in [4.78, 5) is 7.75. The van der Waals surface area contributed by atoms with Gasteiger partial charge in [-0.3, -0.25) is 0 Å². The number of aryl methyl sites for hydroxylation is 1. The first-order chi connectivity index (χ1) is 11.5. The average molecular weight is 354 g/mol. The monoisotopic (exact) mass is 353 g/mol. The summed E-state index contributed by atoms with van der Waals surface area (Å²) in [7, 11) is 1.39. The molecule has 1 N–H and O–H groups in total. The van der Waals surface area contributed by atoms with Crippen LogP contribution in [-0.2, 0) is 6.42 Å². The van der Waals surface area contributed by atoms with Crippen LogP contribution in [0, 0.1) is 18.6 Å². The lowest BCUT2D eigenvalue weighted by molar-refractivity contribution is 0.394. The van der Waals surface area contributed by atoms with Crippen LogP contribution in [-0.4, -0.2) is 23.6 Å². The number of aromatic nitrogens is 2. The highest BCUT2D eigenvalue weighted by Gasteiger charge is 2.23. The van der Waals surface area contributed by atoms with Crippen LogP contribution in [0.15, 0.2) is 22.9 Å². The number of nitrogens with one attached hydrogen (secondary N) is 1. The Bertz CT molecular complexity index is 899. The number of ether oxygens (including phenoxy) is 1. The van der Waals surface area contributed by atoms with Crippen molar-refractivity contribution in [1.29, 1.82) is 0 Å². The maximum atomic E-state index is 14.4. The van der Waals surface area contributed by atoms with E-state index in [-0.39, 0.29) is 33.9 Å². The van der Waals surface area contributed by atoms with Crippen molar-refractivity contribution in [3.8, 4) is 5.75 Å². The van der Waals surface area contributed by atoms with Crippen LogP contribution >= 0.6 is 11.6 Å². The molecular weight excluding hydrogens is 340 g/mol. The molecule has 3 rings (SSSR count). The number of benzene rings is 1. The van der Waals surface area contributed by atoms with Crippen LogP contribution in [0.4, 0.5) is 14.6 Å². The molecule has 0 amide bonds. The number of hydrogen-bond donors (Lipinski definition) is 1. The number of methoxy groups -OCH3 is 1. The van der Waals surface area contributed by atoms with E-state index in [0.29, 0.717) is 18.1 Å². The predicted octanol–water partition coefficient (Wildman–Crippen LogP) is 4.13.